The van der Waals surface area contributed by atoms with Crippen molar-refractivity contribution in [1.29, 1.82) is 0 Å². The van der Waals surface area contributed by atoms with Gasteiger partial charge in [-0.05, 0) is 48.9 Å². The first-order valence-corrected chi connectivity index (χ1v) is 12.5. The highest BCUT2D eigenvalue weighted by molar-refractivity contribution is 9.10. The predicted molar refractivity (Wildman–Crippen MR) is 144 cm³/mol. The van der Waals surface area contributed by atoms with Gasteiger partial charge in [-0.25, -0.2) is 9.37 Å². The number of hydrogen-bond donors (Lipinski definition) is 0. The molecular formula is C27H24BrClFN3O3. The standard InChI is InChI=1S/C27H24BrClFN3O3/c1-4-35-24-12-17(11-21(29)25(24)36-15-18-7-5-6-8-22(18)30)14-31-33-26(16(2)3)32-23-10-9-19(28)13-20(23)27(33)34/h5-14,16H,4,15H2,1-3H3. The molecule has 0 unspecified atom stereocenters. The number of fused-ring (bicyclic) bond motifs is 1. The van der Waals surface area contributed by atoms with Gasteiger partial charge in [0.15, 0.2) is 11.5 Å². The molecule has 0 amide bonds. The smallest absolute Gasteiger partial charge is 0.282 e. The average Bonchev–Trinajstić information content (AvgIpc) is 2.84. The number of rotatable bonds is 8. The lowest BCUT2D eigenvalue weighted by molar-refractivity contribution is 0.266. The molecule has 0 saturated heterocycles. The maximum Gasteiger partial charge on any atom is 0.282 e. The van der Waals surface area contributed by atoms with Crippen LogP contribution in [-0.4, -0.2) is 22.5 Å². The van der Waals surface area contributed by atoms with E-state index in [1.165, 1.54) is 17.0 Å². The van der Waals surface area contributed by atoms with Gasteiger partial charge in [-0.3, -0.25) is 4.79 Å². The van der Waals surface area contributed by atoms with Crippen molar-refractivity contribution in [1.82, 2.24) is 9.66 Å². The monoisotopic (exact) mass is 571 g/mol. The van der Waals surface area contributed by atoms with Crippen LogP contribution in [0.25, 0.3) is 10.9 Å². The van der Waals surface area contributed by atoms with Crippen LogP contribution in [0.3, 0.4) is 0 Å². The quantitative estimate of drug-likeness (QED) is 0.215. The van der Waals surface area contributed by atoms with Gasteiger partial charge < -0.3 is 9.47 Å². The molecule has 0 spiro atoms. The fourth-order valence-electron chi connectivity index (χ4n) is 3.61. The Kier molecular flexibility index (Phi) is 8.06. The summed E-state index contributed by atoms with van der Waals surface area (Å²) in [6.07, 6.45) is 1.52. The Morgan fingerprint density at radius 2 is 1.94 bits per heavy atom. The molecule has 6 nitrogen and oxygen atoms in total. The van der Waals surface area contributed by atoms with Crippen LogP contribution in [0.15, 0.2) is 69.0 Å². The fourth-order valence-corrected chi connectivity index (χ4v) is 4.24. The number of ether oxygens (including phenoxy) is 2. The second kappa shape index (κ2) is 11.2. The number of halogens is 3. The molecule has 0 aliphatic rings. The first-order chi connectivity index (χ1) is 17.3. The van der Waals surface area contributed by atoms with Crippen molar-refractivity contribution in [2.45, 2.75) is 33.3 Å². The van der Waals surface area contributed by atoms with E-state index in [-0.39, 0.29) is 28.9 Å². The van der Waals surface area contributed by atoms with Crippen LogP contribution in [-0.2, 0) is 6.61 Å². The van der Waals surface area contributed by atoms with E-state index < -0.39 is 0 Å². The zero-order valence-corrected chi connectivity index (χ0v) is 22.3. The molecule has 0 N–H and O–H groups in total. The zero-order valence-electron chi connectivity index (χ0n) is 20.0. The topological polar surface area (TPSA) is 65.7 Å². The molecule has 4 rings (SSSR count). The summed E-state index contributed by atoms with van der Waals surface area (Å²) in [7, 11) is 0. The van der Waals surface area contributed by atoms with Gasteiger partial charge in [-0.1, -0.05) is 59.6 Å². The lowest BCUT2D eigenvalue weighted by atomic mass is 10.2. The molecular weight excluding hydrogens is 549 g/mol. The third-order valence-corrected chi connectivity index (χ3v) is 6.11. The molecule has 0 radical (unpaired) electrons. The highest BCUT2D eigenvalue weighted by Gasteiger charge is 2.16. The van der Waals surface area contributed by atoms with Gasteiger partial charge in [-0.2, -0.15) is 9.78 Å². The third-order valence-electron chi connectivity index (χ3n) is 5.33. The Morgan fingerprint density at radius 1 is 1.17 bits per heavy atom. The van der Waals surface area contributed by atoms with Crippen molar-refractivity contribution in [3.05, 3.63) is 97.2 Å². The molecule has 0 atom stereocenters. The van der Waals surface area contributed by atoms with Gasteiger partial charge in [-0.15, -0.1) is 0 Å². The van der Waals surface area contributed by atoms with E-state index in [4.69, 9.17) is 21.1 Å². The van der Waals surface area contributed by atoms with Crippen LogP contribution in [0, 0.1) is 5.82 Å². The van der Waals surface area contributed by atoms with Gasteiger partial charge in [0.05, 0.1) is 28.7 Å². The summed E-state index contributed by atoms with van der Waals surface area (Å²) >= 11 is 9.93. The molecule has 9 heteroatoms. The van der Waals surface area contributed by atoms with E-state index in [0.29, 0.717) is 46.0 Å². The highest BCUT2D eigenvalue weighted by Crippen LogP contribution is 2.37. The Balaban J connectivity index is 1.71. The van der Waals surface area contributed by atoms with Crippen LogP contribution in [0.4, 0.5) is 4.39 Å². The maximum absolute atomic E-state index is 14.0. The second-order valence-electron chi connectivity index (χ2n) is 8.29. The van der Waals surface area contributed by atoms with E-state index in [1.54, 1.807) is 42.5 Å². The molecule has 3 aromatic carbocycles. The predicted octanol–water partition coefficient (Wildman–Crippen LogP) is 6.93. The molecule has 0 bridgehead atoms. The second-order valence-corrected chi connectivity index (χ2v) is 9.61. The highest BCUT2D eigenvalue weighted by atomic mass is 79.9. The average molecular weight is 573 g/mol. The molecule has 0 aliphatic heterocycles. The molecule has 36 heavy (non-hydrogen) atoms. The van der Waals surface area contributed by atoms with Crippen LogP contribution in [0.5, 0.6) is 11.5 Å². The van der Waals surface area contributed by atoms with Gasteiger partial charge in [0.25, 0.3) is 5.56 Å². The normalized spacial score (nSPS) is 11.5. The summed E-state index contributed by atoms with van der Waals surface area (Å²) in [6.45, 7) is 6.09. The van der Waals surface area contributed by atoms with Gasteiger partial charge >= 0.3 is 0 Å². The molecule has 1 aromatic heterocycles. The minimum Gasteiger partial charge on any atom is -0.490 e. The minimum atomic E-state index is -0.363. The lowest BCUT2D eigenvalue weighted by Crippen LogP contribution is -2.23. The summed E-state index contributed by atoms with van der Waals surface area (Å²) in [5, 5.41) is 5.18. The molecule has 4 aromatic rings. The van der Waals surface area contributed by atoms with Gasteiger partial charge in [0, 0.05) is 16.0 Å². The van der Waals surface area contributed by atoms with Crippen molar-refractivity contribution in [3.8, 4) is 11.5 Å². The fraction of sp³-hybridized carbons (Fsp3) is 0.222. The summed E-state index contributed by atoms with van der Waals surface area (Å²) in [4.78, 5) is 17.9. The molecule has 0 fully saturated rings. The van der Waals surface area contributed by atoms with Crippen molar-refractivity contribution in [2.24, 2.45) is 5.10 Å². The van der Waals surface area contributed by atoms with Gasteiger partial charge in [0.2, 0.25) is 0 Å². The Labute approximate surface area is 221 Å². The first-order valence-electron chi connectivity index (χ1n) is 11.4. The van der Waals surface area contributed by atoms with E-state index in [2.05, 4.69) is 26.0 Å². The summed E-state index contributed by atoms with van der Waals surface area (Å²) in [5.74, 6) is 0.820. The zero-order chi connectivity index (χ0) is 25.8. The number of benzene rings is 3. The number of nitrogens with zero attached hydrogens (tertiary/aromatic N) is 3. The van der Waals surface area contributed by atoms with Crippen molar-refractivity contribution < 1.29 is 13.9 Å². The van der Waals surface area contributed by atoms with Crippen molar-refractivity contribution in [3.63, 3.8) is 0 Å². The number of hydrogen-bond acceptors (Lipinski definition) is 5. The van der Waals surface area contributed by atoms with Crippen LogP contribution < -0.4 is 15.0 Å². The van der Waals surface area contributed by atoms with Crippen LogP contribution >= 0.6 is 27.5 Å². The summed E-state index contributed by atoms with van der Waals surface area (Å²) in [6, 6.07) is 15.1. The van der Waals surface area contributed by atoms with Crippen molar-refractivity contribution >= 4 is 44.6 Å². The molecule has 186 valence electrons. The third kappa shape index (κ3) is 5.60. The Morgan fingerprint density at radius 3 is 2.67 bits per heavy atom. The Hall–Kier alpha value is -3.23. The van der Waals surface area contributed by atoms with Crippen molar-refractivity contribution in [2.75, 3.05) is 6.61 Å². The first kappa shape index (κ1) is 25.9. The molecule has 1 heterocycles. The Bertz CT molecular complexity index is 1500. The van der Waals surface area contributed by atoms with E-state index in [1.807, 2.05) is 26.8 Å². The summed E-state index contributed by atoms with van der Waals surface area (Å²) < 4.78 is 27.6. The number of aromatic nitrogens is 2. The maximum atomic E-state index is 14.0. The van der Waals surface area contributed by atoms with Crippen LogP contribution in [0.2, 0.25) is 5.02 Å². The SMILES string of the molecule is CCOc1cc(C=Nn2c(C(C)C)nc3ccc(Br)cc3c2=O)cc(Cl)c1OCc1ccccc1F. The summed E-state index contributed by atoms with van der Waals surface area (Å²) in [5.41, 5.74) is 1.33. The van der Waals surface area contributed by atoms with Gasteiger partial charge in [0.1, 0.15) is 18.2 Å². The lowest BCUT2D eigenvalue weighted by Gasteiger charge is -2.15. The van der Waals surface area contributed by atoms with E-state index in [0.717, 1.165) is 4.47 Å². The largest absolute Gasteiger partial charge is 0.490 e. The van der Waals surface area contributed by atoms with E-state index >= 15 is 0 Å². The molecule has 0 aliphatic carbocycles. The minimum absolute atomic E-state index is 0.00857. The van der Waals surface area contributed by atoms with E-state index in [9.17, 15) is 9.18 Å². The van der Waals surface area contributed by atoms with Crippen LogP contribution in [0.1, 0.15) is 43.6 Å². The molecule has 0 saturated carbocycles.